The van der Waals surface area contributed by atoms with Crippen molar-refractivity contribution in [2.24, 2.45) is 0 Å². The smallest absolute Gasteiger partial charge is 0.193 e. The Hall–Kier alpha value is -4.08. The van der Waals surface area contributed by atoms with E-state index in [1.54, 1.807) is 24.8 Å². The molecular weight excluding hydrogens is 601 g/mol. The molecule has 2 aromatic carbocycles. The lowest BCUT2D eigenvalue weighted by molar-refractivity contribution is -0.0116. The lowest BCUT2D eigenvalue weighted by atomic mass is 10.2. The monoisotopic (exact) mass is 648 g/mol. The van der Waals surface area contributed by atoms with Crippen LogP contribution < -0.4 is 0 Å². The molecule has 0 saturated heterocycles. The summed E-state index contributed by atoms with van der Waals surface area (Å²) in [7, 11) is -1.98. The maximum Gasteiger partial charge on any atom is 0.193 e. The molecule has 0 spiro atoms. The molecule has 0 saturated carbocycles. The molecule has 0 radical (unpaired) electrons. The first-order valence-corrected chi connectivity index (χ1v) is 18.9. The third-order valence-corrected chi connectivity index (χ3v) is 12.3. The van der Waals surface area contributed by atoms with Crippen LogP contribution in [0.15, 0.2) is 110 Å². The molecule has 246 valence electrons. The molecule has 4 atom stereocenters. The van der Waals surface area contributed by atoms with E-state index in [1.807, 2.05) is 86.6 Å². The van der Waals surface area contributed by atoms with Crippen LogP contribution in [0.2, 0.25) is 18.1 Å². The number of rotatable bonds is 10. The summed E-state index contributed by atoms with van der Waals surface area (Å²) < 4.78 is 18.3. The second-order valence-electron chi connectivity index (χ2n) is 12.8. The number of aliphatic hydroxyl groups excluding tert-OH is 1. The number of aliphatic hydroxyl groups is 1. The predicted octanol–water partition coefficient (Wildman–Crippen LogP) is 7.83. The minimum absolute atomic E-state index is 0.111. The summed E-state index contributed by atoms with van der Waals surface area (Å²) in [4.78, 5) is 8.10. The van der Waals surface area contributed by atoms with Gasteiger partial charge in [0, 0.05) is 35.9 Å². The predicted molar refractivity (Wildman–Crippen MR) is 192 cm³/mol. The molecule has 0 fully saturated rings. The van der Waals surface area contributed by atoms with Crippen molar-refractivity contribution < 1.29 is 19.0 Å². The zero-order valence-corrected chi connectivity index (χ0v) is 29.7. The fourth-order valence-corrected chi connectivity index (χ4v) is 5.06. The quantitative estimate of drug-likeness (QED) is 0.140. The molecule has 4 rings (SSSR count). The third-order valence-electron chi connectivity index (χ3n) is 7.86. The van der Waals surface area contributed by atoms with Gasteiger partial charge in [-0.25, -0.2) is 0 Å². The number of ether oxygens (including phenoxy) is 2. The van der Waals surface area contributed by atoms with E-state index in [1.165, 1.54) is 0 Å². The molecular formula is C40H48N2O4Si. The summed E-state index contributed by atoms with van der Waals surface area (Å²) >= 11 is 0. The Morgan fingerprint density at radius 2 is 1.15 bits per heavy atom. The largest absolute Gasteiger partial charge is 0.401 e. The summed E-state index contributed by atoms with van der Waals surface area (Å²) in [5.41, 5.74) is 3.89. The highest BCUT2D eigenvalue weighted by Gasteiger charge is 2.40. The van der Waals surface area contributed by atoms with Crippen LogP contribution >= 0.6 is 0 Å². The molecule has 7 heteroatoms. The summed E-state index contributed by atoms with van der Waals surface area (Å²) in [6.07, 6.45) is 5.28. The van der Waals surface area contributed by atoms with Crippen molar-refractivity contribution in [2.75, 3.05) is 0 Å². The SMILES string of the molecule is C[C@@H](OCc1ccccc1)C(C#Cc1cccnc1)O[Si](C)(C)C(C)(C)C.C[C@@H](OCc1ccccc1)C(O)C#Cc1cccnc1. The minimum Gasteiger partial charge on any atom is -0.401 e. The minimum atomic E-state index is -1.98. The van der Waals surface area contributed by atoms with E-state index in [9.17, 15) is 5.11 Å². The highest BCUT2D eigenvalue weighted by atomic mass is 28.4. The van der Waals surface area contributed by atoms with E-state index in [0.29, 0.717) is 13.2 Å². The van der Waals surface area contributed by atoms with Crippen LogP contribution in [0.5, 0.6) is 0 Å². The molecule has 1 N–H and O–H groups in total. The Balaban J connectivity index is 0.000000267. The fourth-order valence-electron chi connectivity index (χ4n) is 3.82. The van der Waals surface area contributed by atoms with Crippen LogP contribution in [0.1, 0.15) is 56.9 Å². The van der Waals surface area contributed by atoms with Crippen molar-refractivity contribution in [2.45, 2.75) is 90.4 Å². The van der Waals surface area contributed by atoms with Gasteiger partial charge >= 0.3 is 0 Å². The summed E-state index contributed by atoms with van der Waals surface area (Å²) in [5, 5.41) is 10.0. The summed E-state index contributed by atoms with van der Waals surface area (Å²) in [5.74, 6) is 12.2. The molecule has 2 unspecified atom stereocenters. The molecule has 0 amide bonds. The zero-order valence-electron chi connectivity index (χ0n) is 28.7. The lowest BCUT2D eigenvalue weighted by Gasteiger charge is -2.39. The van der Waals surface area contributed by atoms with Gasteiger partial charge < -0.3 is 19.0 Å². The normalized spacial score (nSPS) is 13.7. The summed E-state index contributed by atoms with van der Waals surface area (Å²) in [6.45, 7) is 16.1. The molecule has 0 aliphatic carbocycles. The van der Waals surface area contributed by atoms with Gasteiger partial charge in [0.1, 0.15) is 12.2 Å². The lowest BCUT2D eigenvalue weighted by Crippen LogP contribution is -2.46. The van der Waals surface area contributed by atoms with Crippen LogP contribution in [0.4, 0.5) is 0 Å². The zero-order chi connectivity index (χ0) is 34.1. The van der Waals surface area contributed by atoms with Crippen LogP contribution in [0, 0.1) is 23.7 Å². The molecule has 2 aromatic heterocycles. The first kappa shape index (κ1) is 37.4. The second-order valence-corrected chi connectivity index (χ2v) is 17.5. The van der Waals surface area contributed by atoms with Gasteiger partial charge in [-0.1, -0.05) is 105 Å². The number of aromatic nitrogens is 2. The first-order valence-electron chi connectivity index (χ1n) is 15.9. The highest BCUT2D eigenvalue weighted by Crippen LogP contribution is 2.37. The maximum absolute atomic E-state index is 9.94. The molecule has 2 heterocycles. The van der Waals surface area contributed by atoms with Crippen molar-refractivity contribution in [1.29, 1.82) is 0 Å². The van der Waals surface area contributed by atoms with Crippen molar-refractivity contribution in [1.82, 2.24) is 9.97 Å². The van der Waals surface area contributed by atoms with Crippen molar-refractivity contribution in [3.8, 4) is 23.7 Å². The van der Waals surface area contributed by atoms with Gasteiger partial charge in [0.05, 0.1) is 25.4 Å². The van der Waals surface area contributed by atoms with E-state index in [0.717, 1.165) is 22.3 Å². The van der Waals surface area contributed by atoms with Gasteiger partial charge in [0.15, 0.2) is 8.32 Å². The number of nitrogens with zero attached hydrogens (tertiary/aromatic N) is 2. The Labute approximate surface area is 282 Å². The number of pyridine rings is 2. The van der Waals surface area contributed by atoms with Crippen molar-refractivity contribution in [3.63, 3.8) is 0 Å². The molecule has 0 bridgehead atoms. The Morgan fingerprint density at radius 3 is 1.60 bits per heavy atom. The maximum atomic E-state index is 9.94. The Bertz CT molecular complexity index is 1570. The third kappa shape index (κ3) is 13.7. The standard InChI is InChI=1S/C23H31NO2Si.C17H17NO2/c1-19(25-18-21-11-8-7-9-12-21)22(26-27(5,6)23(2,3)4)15-14-20-13-10-16-24-17-20;1-14(20-13-16-6-3-2-4-7-16)17(19)10-9-15-8-5-11-18-12-15/h7-13,16-17,19,22H,18H2,1-6H3;2-8,11-12,14,17,19H,13H2,1H3/t19-,22?;14-,17?/m11/s1. The summed E-state index contributed by atoms with van der Waals surface area (Å²) in [6, 6.07) is 27.6. The van der Waals surface area contributed by atoms with Crippen LogP contribution in [0.3, 0.4) is 0 Å². The molecule has 4 aromatic rings. The van der Waals surface area contributed by atoms with Crippen LogP contribution in [-0.2, 0) is 27.1 Å². The number of benzene rings is 2. The fraction of sp³-hybridized carbons (Fsp3) is 0.350. The van der Waals surface area contributed by atoms with E-state index in [-0.39, 0.29) is 23.4 Å². The van der Waals surface area contributed by atoms with Gasteiger partial charge in [0.2, 0.25) is 0 Å². The molecule has 0 aliphatic heterocycles. The van der Waals surface area contributed by atoms with Gasteiger partial charge in [-0.15, -0.1) is 0 Å². The first-order chi connectivity index (χ1) is 22.4. The average Bonchev–Trinajstić information content (AvgIpc) is 3.08. The highest BCUT2D eigenvalue weighted by molar-refractivity contribution is 6.74. The Kier molecular flexibility index (Phi) is 15.0. The van der Waals surface area contributed by atoms with E-state index in [4.69, 9.17) is 13.9 Å². The van der Waals surface area contributed by atoms with Crippen molar-refractivity contribution in [3.05, 3.63) is 132 Å². The van der Waals surface area contributed by atoms with Gasteiger partial charge in [-0.05, 0) is 67.4 Å². The van der Waals surface area contributed by atoms with E-state index in [2.05, 4.69) is 79.6 Å². The van der Waals surface area contributed by atoms with Gasteiger partial charge in [0.25, 0.3) is 0 Å². The topological polar surface area (TPSA) is 73.7 Å². The number of hydrogen-bond donors (Lipinski definition) is 1. The van der Waals surface area contributed by atoms with E-state index >= 15 is 0 Å². The molecule has 0 aliphatic rings. The average molecular weight is 649 g/mol. The Morgan fingerprint density at radius 1 is 0.681 bits per heavy atom. The van der Waals surface area contributed by atoms with E-state index < -0.39 is 14.4 Å². The van der Waals surface area contributed by atoms with Crippen molar-refractivity contribution >= 4 is 8.32 Å². The van der Waals surface area contributed by atoms with Crippen LogP contribution in [-0.4, -0.2) is 47.8 Å². The number of hydrogen-bond acceptors (Lipinski definition) is 6. The molecule has 47 heavy (non-hydrogen) atoms. The van der Waals surface area contributed by atoms with Gasteiger partial charge in [-0.3, -0.25) is 9.97 Å². The molecule has 6 nitrogen and oxygen atoms in total. The second kappa shape index (κ2) is 18.9. The van der Waals surface area contributed by atoms with Crippen LogP contribution in [0.25, 0.3) is 0 Å². The van der Waals surface area contributed by atoms with Gasteiger partial charge in [-0.2, -0.15) is 0 Å².